The summed E-state index contributed by atoms with van der Waals surface area (Å²) >= 11 is 0. The van der Waals surface area contributed by atoms with Gasteiger partial charge in [0, 0.05) is 17.6 Å². The third-order valence-corrected chi connectivity index (χ3v) is 8.07. The molecule has 1 aromatic carbocycles. The molecule has 1 N–H and O–H groups in total. The fourth-order valence-electron chi connectivity index (χ4n) is 1.77. The first-order chi connectivity index (χ1) is 8.50. The smallest absolute Gasteiger partial charge is 1.00 e. The number of nitrogens with one attached hydrogen (secondary N) is 1. The molecule has 1 aliphatic rings. The molecule has 0 amide bonds. The molecule has 1 heterocycles. The summed E-state index contributed by atoms with van der Waals surface area (Å²) in [5.74, 6) is 0. The topological polar surface area (TPSA) is 23.8 Å². The zero-order valence-corrected chi connectivity index (χ0v) is 19.3. The van der Waals surface area contributed by atoms with Gasteiger partial charge in [0.25, 0.3) is 0 Å². The van der Waals surface area contributed by atoms with Crippen LogP contribution in [0.4, 0.5) is 0 Å². The van der Waals surface area contributed by atoms with Gasteiger partial charge < -0.3 is 30.5 Å². The van der Waals surface area contributed by atoms with E-state index in [1.165, 1.54) is 18.5 Å². The molecule has 0 bridgehead atoms. The van der Waals surface area contributed by atoms with Gasteiger partial charge in [-0.1, -0.05) is 58.4 Å². The van der Waals surface area contributed by atoms with Crippen LogP contribution in [0.1, 0.15) is 26.7 Å². The Morgan fingerprint density at radius 1 is 1.19 bits per heavy atom. The summed E-state index contributed by atoms with van der Waals surface area (Å²) in [4.78, 5) is 0. The van der Waals surface area contributed by atoms with Gasteiger partial charge >= 0.3 is 21.7 Å². The number of halogens is 2. The molecule has 1 saturated heterocycles. The Labute approximate surface area is 163 Å². The minimum atomic E-state index is -0.821. The summed E-state index contributed by atoms with van der Waals surface area (Å²) in [6.45, 7) is 10.8. The van der Waals surface area contributed by atoms with Crippen molar-refractivity contribution in [1.29, 1.82) is 0 Å². The molecule has 6 heteroatoms. The van der Waals surface area contributed by atoms with E-state index in [9.17, 15) is 0 Å². The quantitative estimate of drug-likeness (QED) is 0.425. The molecule has 1 fully saturated rings. The molecule has 1 unspecified atom stereocenters. The minimum Gasteiger partial charge on any atom is -1.00 e. The van der Waals surface area contributed by atoms with Crippen LogP contribution < -0.4 is 30.0 Å². The predicted molar refractivity (Wildman–Crippen MR) is 90.5 cm³/mol. The van der Waals surface area contributed by atoms with Crippen molar-refractivity contribution in [3.8, 4) is 0 Å². The summed E-state index contributed by atoms with van der Waals surface area (Å²) < 4.78 is 0. The van der Waals surface area contributed by atoms with Gasteiger partial charge in [-0.15, -0.1) is 6.04 Å². The molecule has 1 aliphatic heterocycles. The Kier molecular flexibility index (Phi) is 24.8. The van der Waals surface area contributed by atoms with E-state index in [1.54, 1.807) is 5.19 Å². The predicted octanol–water partition coefficient (Wildman–Crippen LogP) is -1.54. The molecule has 1 aromatic rings. The van der Waals surface area contributed by atoms with Crippen molar-refractivity contribution in [2.75, 3.05) is 0 Å². The van der Waals surface area contributed by atoms with E-state index < -0.39 is 8.07 Å². The van der Waals surface area contributed by atoms with E-state index in [1.807, 2.05) is 13.8 Å². The molecule has 0 aromatic heterocycles. The average Bonchev–Trinajstić information content (AvgIpc) is 2.81. The molecule has 1 atom stereocenters. The second-order valence-corrected chi connectivity index (χ2v) is 11.3. The standard InChI is InChI=1S/C9H13Si.C4H10N.C2H7Si.2ClH.Ti/c1-10(7-4-8-10)9-5-2-3-6-9;1-3-4(2)5;1-3-2;;;/h2-3,5-6H,4,7-8H2,1H3;4-5H,3H2,1-2H3;3H,1-2H3;2*1H;/q2*-1;;;;+4/p-2. The van der Waals surface area contributed by atoms with Crippen molar-refractivity contribution in [2.45, 2.75) is 64.5 Å². The van der Waals surface area contributed by atoms with E-state index >= 15 is 0 Å². The Hall–Kier alpha value is 1.04. The van der Waals surface area contributed by atoms with Gasteiger partial charge in [0.15, 0.2) is 0 Å². The van der Waals surface area contributed by atoms with Gasteiger partial charge in [-0.05, 0) is 0 Å². The Bertz CT molecular complexity index is 292. The zero-order valence-electron chi connectivity index (χ0n) is 14.0. The van der Waals surface area contributed by atoms with Crippen LogP contribution in [0.3, 0.4) is 0 Å². The number of hydrogen-bond acceptors (Lipinski definition) is 0. The van der Waals surface area contributed by atoms with Crippen LogP contribution in [0, 0.1) is 0 Å². The van der Waals surface area contributed by atoms with Crippen LogP contribution in [0.15, 0.2) is 24.3 Å². The first-order valence-electron chi connectivity index (χ1n) is 7.17. The number of hydrogen-bond donors (Lipinski definition) is 0. The van der Waals surface area contributed by atoms with Gasteiger partial charge in [-0.25, -0.2) is 12.1 Å². The van der Waals surface area contributed by atoms with Gasteiger partial charge in [-0.2, -0.15) is 17.3 Å². The summed E-state index contributed by atoms with van der Waals surface area (Å²) in [5.41, 5.74) is 6.83. The summed E-state index contributed by atoms with van der Waals surface area (Å²) in [7, 11) is -0.0706. The van der Waals surface area contributed by atoms with Crippen LogP contribution >= 0.6 is 0 Å². The molecular formula is C15H30Cl2NSi2Ti. The van der Waals surface area contributed by atoms with Crippen molar-refractivity contribution in [3.05, 3.63) is 30.0 Å². The summed E-state index contributed by atoms with van der Waals surface area (Å²) in [5, 5.41) is 1.68. The SMILES string of the molecule is CCC(C)[NH-].C[SiH]C.C[Si]1([c-]2cccc2)CCC1.[Cl-].[Cl-].[Ti+4]. The van der Waals surface area contributed by atoms with Crippen molar-refractivity contribution in [3.63, 3.8) is 0 Å². The first-order valence-corrected chi connectivity index (χ1v) is 12.4. The monoisotopic (exact) mass is 398 g/mol. The summed E-state index contributed by atoms with van der Waals surface area (Å²) in [6.07, 6.45) is 2.45. The number of rotatable bonds is 2. The van der Waals surface area contributed by atoms with E-state index in [4.69, 9.17) is 5.73 Å². The maximum atomic E-state index is 6.83. The molecule has 0 spiro atoms. The van der Waals surface area contributed by atoms with Crippen molar-refractivity contribution in [2.24, 2.45) is 0 Å². The fourth-order valence-corrected chi connectivity index (χ4v) is 4.76. The van der Waals surface area contributed by atoms with Crippen LogP contribution in [-0.2, 0) is 21.7 Å². The van der Waals surface area contributed by atoms with Crippen LogP contribution in [-0.4, -0.2) is 23.6 Å². The molecular weight excluding hydrogens is 369 g/mol. The van der Waals surface area contributed by atoms with E-state index in [0.29, 0.717) is 0 Å². The van der Waals surface area contributed by atoms with Crippen molar-refractivity contribution < 1.29 is 46.5 Å². The minimum absolute atomic E-state index is 0. The van der Waals surface area contributed by atoms with E-state index in [0.717, 1.165) is 15.9 Å². The Morgan fingerprint density at radius 2 is 1.52 bits per heavy atom. The maximum Gasteiger partial charge on any atom is 4.00 e. The largest absolute Gasteiger partial charge is 4.00 e. The van der Waals surface area contributed by atoms with Crippen molar-refractivity contribution >= 4 is 22.8 Å². The Morgan fingerprint density at radius 3 is 1.71 bits per heavy atom. The van der Waals surface area contributed by atoms with Gasteiger partial charge in [0.1, 0.15) is 0 Å². The van der Waals surface area contributed by atoms with E-state index in [-0.39, 0.29) is 52.6 Å². The van der Waals surface area contributed by atoms with Crippen LogP contribution in [0.2, 0.25) is 31.7 Å². The second-order valence-electron chi connectivity index (χ2n) is 5.47. The molecule has 0 saturated carbocycles. The molecule has 1 nitrogen and oxygen atoms in total. The molecule has 121 valence electrons. The fraction of sp³-hybridized carbons (Fsp3) is 0.667. The first kappa shape index (κ1) is 30.0. The van der Waals surface area contributed by atoms with Crippen LogP contribution in [0.5, 0.6) is 0 Å². The molecule has 0 aliphatic carbocycles. The maximum absolute atomic E-state index is 6.83. The molecule has 2 rings (SSSR count). The third kappa shape index (κ3) is 13.2. The van der Waals surface area contributed by atoms with Crippen molar-refractivity contribution in [1.82, 2.24) is 0 Å². The average molecular weight is 399 g/mol. The normalized spacial score (nSPS) is 15.0. The van der Waals surface area contributed by atoms with Crippen LogP contribution in [0.25, 0.3) is 5.73 Å². The Balaban J connectivity index is -0.000000116. The molecule has 21 heavy (non-hydrogen) atoms. The van der Waals surface area contributed by atoms with Gasteiger partial charge in [0.05, 0.1) is 0 Å². The van der Waals surface area contributed by atoms with Gasteiger partial charge in [-0.3, -0.25) is 0 Å². The third-order valence-electron chi connectivity index (χ3n) is 3.43. The molecule has 1 radical (unpaired) electrons. The summed E-state index contributed by atoms with van der Waals surface area (Å²) in [6, 6.07) is 12.2. The van der Waals surface area contributed by atoms with Gasteiger partial charge in [0.2, 0.25) is 0 Å². The van der Waals surface area contributed by atoms with E-state index in [2.05, 4.69) is 43.9 Å². The second kappa shape index (κ2) is 17.4. The zero-order chi connectivity index (χ0) is 14.0.